The molecule has 2 rings (SSSR count). The Morgan fingerprint density at radius 3 is 3.05 bits per heavy atom. The van der Waals surface area contributed by atoms with Gasteiger partial charge in [0.1, 0.15) is 5.75 Å². The molecule has 0 spiro atoms. The van der Waals surface area contributed by atoms with Crippen LogP contribution >= 0.6 is 0 Å². The van der Waals surface area contributed by atoms with E-state index in [-0.39, 0.29) is 6.10 Å². The first-order valence-electron chi connectivity index (χ1n) is 6.99. The molecule has 1 heterocycles. The molecule has 0 radical (unpaired) electrons. The fourth-order valence-corrected chi connectivity index (χ4v) is 2.55. The molecule has 1 aliphatic rings. The van der Waals surface area contributed by atoms with E-state index in [9.17, 15) is 5.11 Å². The van der Waals surface area contributed by atoms with E-state index >= 15 is 0 Å². The second-order valence-corrected chi connectivity index (χ2v) is 5.06. The predicted molar refractivity (Wildman–Crippen MR) is 79.4 cm³/mol. The van der Waals surface area contributed by atoms with Gasteiger partial charge >= 0.3 is 0 Å². The third-order valence-electron chi connectivity index (χ3n) is 3.49. The zero-order valence-corrected chi connectivity index (χ0v) is 11.9. The molecule has 20 heavy (non-hydrogen) atoms. The smallest absolute Gasteiger partial charge is 0.123 e. The summed E-state index contributed by atoms with van der Waals surface area (Å²) in [6.07, 6.45) is 1.72. The Labute approximate surface area is 120 Å². The van der Waals surface area contributed by atoms with Gasteiger partial charge in [-0.2, -0.15) is 0 Å². The van der Waals surface area contributed by atoms with Crippen LogP contribution in [0.2, 0.25) is 0 Å². The summed E-state index contributed by atoms with van der Waals surface area (Å²) in [5, 5.41) is 9.75. The summed E-state index contributed by atoms with van der Waals surface area (Å²) in [4.78, 5) is 2.26. The van der Waals surface area contributed by atoms with Crippen molar-refractivity contribution in [2.24, 2.45) is 5.73 Å². The van der Waals surface area contributed by atoms with Gasteiger partial charge in [-0.3, -0.25) is 4.90 Å². The Kier molecular flexibility index (Phi) is 5.42. The second-order valence-electron chi connectivity index (χ2n) is 5.06. The van der Waals surface area contributed by atoms with Gasteiger partial charge in [-0.25, -0.2) is 0 Å². The number of rotatable bonds is 3. The molecule has 0 bridgehead atoms. The minimum atomic E-state index is -0.213. The highest BCUT2D eigenvalue weighted by molar-refractivity contribution is 5.44. The topological polar surface area (TPSA) is 58.7 Å². The van der Waals surface area contributed by atoms with Gasteiger partial charge in [-0.05, 0) is 37.6 Å². The van der Waals surface area contributed by atoms with Crippen LogP contribution in [0.1, 0.15) is 24.0 Å². The minimum Gasteiger partial charge on any atom is -0.496 e. The number of nitrogens with two attached hydrogens (primary N) is 1. The van der Waals surface area contributed by atoms with Crippen molar-refractivity contribution in [2.75, 3.05) is 26.7 Å². The lowest BCUT2D eigenvalue weighted by atomic mass is 10.1. The highest BCUT2D eigenvalue weighted by Crippen LogP contribution is 2.23. The highest BCUT2D eigenvalue weighted by atomic mass is 16.5. The van der Waals surface area contributed by atoms with E-state index in [1.165, 1.54) is 0 Å². The number of β-amino-alcohol motifs (C(OH)–C–C–N with tert-alkyl or cyclic N) is 1. The fourth-order valence-electron chi connectivity index (χ4n) is 2.55. The molecule has 0 saturated carbocycles. The number of hydrogen-bond acceptors (Lipinski definition) is 4. The molecule has 108 valence electrons. The van der Waals surface area contributed by atoms with E-state index in [1.54, 1.807) is 7.11 Å². The van der Waals surface area contributed by atoms with E-state index in [2.05, 4.69) is 16.7 Å². The van der Waals surface area contributed by atoms with Crippen molar-refractivity contribution in [1.82, 2.24) is 4.90 Å². The molecule has 4 nitrogen and oxygen atoms in total. The van der Waals surface area contributed by atoms with Crippen LogP contribution in [0.5, 0.6) is 5.75 Å². The molecule has 1 aromatic carbocycles. The largest absolute Gasteiger partial charge is 0.496 e. The lowest BCUT2D eigenvalue weighted by Crippen LogP contribution is -2.37. The van der Waals surface area contributed by atoms with Gasteiger partial charge in [0, 0.05) is 24.2 Å². The zero-order valence-electron chi connectivity index (χ0n) is 11.9. The third kappa shape index (κ3) is 3.97. The molecular formula is C16H22N2O2. The van der Waals surface area contributed by atoms with Gasteiger partial charge in [-0.15, -0.1) is 0 Å². The number of aliphatic hydroxyl groups excluding tert-OH is 1. The Morgan fingerprint density at radius 1 is 1.50 bits per heavy atom. The molecule has 1 fully saturated rings. The van der Waals surface area contributed by atoms with Crippen molar-refractivity contribution >= 4 is 0 Å². The number of benzene rings is 1. The van der Waals surface area contributed by atoms with Crippen LogP contribution in [-0.2, 0) is 6.54 Å². The first kappa shape index (κ1) is 14.9. The van der Waals surface area contributed by atoms with Crippen LogP contribution in [0.3, 0.4) is 0 Å². The number of piperidine rings is 1. The predicted octanol–water partition coefficient (Wildman–Crippen LogP) is 0.962. The molecule has 0 aromatic heterocycles. The maximum atomic E-state index is 9.75. The number of methoxy groups -OCH3 is 1. The van der Waals surface area contributed by atoms with Crippen molar-refractivity contribution in [3.05, 3.63) is 29.3 Å². The number of aliphatic hydroxyl groups is 1. The van der Waals surface area contributed by atoms with Crippen LogP contribution < -0.4 is 10.5 Å². The lowest BCUT2D eigenvalue weighted by Gasteiger charge is -2.30. The lowest BCUT2D eigenvalue weighted by molar-refractivity contribution is 0.0664. The summed E-state index contributed by atoms with van der Waals surface area (Å²) >= 11 is 0. The maximum absolute atomic E-state index is 9.75. The van der Waals surface area contributed by atoms with Crippen molar-refractivity contribution in [1.29, 1.82) is 0 Å². The summed E-state index contributed by atoms with van der Waals surface area (Å²) in [6.45, 7) is 2.87. The van der Waals surface area contributed by atoms with E-state index in [1.807, 2.05) is 18.2 Å². The first-order valence-corrected chi connectivity index (χ1v) is 6.99. The van der Waals surface area contributed by atoms with Gasteiger partial charge in [0.2, 0.25) is 0 Å². The Hall–Kier alpha value is -1.54. The molecule has 1 unspecified atom stereocenters. The zero-order chi connectivity index (χ0) is 14.4. The van der Waals surface area contributed by atoms with Crippen LogP contribution in [0.15, 0.2) is 18.2 Å². The van der Waals surface area contributed by atoms with Gasteiger partial charge in [0.05, 0.1) is 19.8 Å². The van der Waals surface area contributed by atoms with Crippen molar-refractivity contribution < 1.29 is 9.84 Å². The highest BCUT2D eigenvalue weighted by Gasteiger charge is 2.18. The van der Waals surface area contributed by atoms with Crippen LogP contribution in [0, 0.1) is 11.8 Å². The van der Waals surface area contributed by atoms with Crippen LogP contribution in [0.4, 0.5) is 0 Å². The summed E-state index contributed by atoms with van der Waals surface area (Å²) in [5.41, 5.74) is 7.45. The molecule has 1 atom stereocenters. The summed E-state index contributed by atoms with van der Waals surface area (Å²) in [5.74, 6) is 6.77. The third-order valence-corrected chi connectivity index (χ3v) is 3.49. The van der Waals surface area contributed by atoms with Crippen molar-refractivity contribution in [2.45, 2.75) is 25.5 Å². The van der Waals surface area contributed by atoms with Crippen LogP contribution in [0.25, 0.3) is 0 Å². The van der Waals surface area contributed by atoms with E-state index < -0.39 is 0 Å². The Bertz CT molecular complexity index is 505. The van der Waals surface area contributed by atoms with E-state index in [0.29, 0.717) is 6.54 Å². The van der Waals surface area contributed by atoms with Gasteiger partial charge in [0.15, 0.2) is 0 Å². The Balaban J connectivity index is 2.15. The summed E-state index contributed by atoms with van der Waals surface area (Å²) in [6, 6.07) is 5.93. The molecule has 3 N–H and O–H groups in total. The molecule has 4 heteroatoms. The molecular weight excluding hydrogens is 252 g/mol. The standard InChI is InChI=1S/C16H22N2O2/c1-20-16-7-6-13(4-2-8-17)10-14(16)11-18-9-3-5-15(19)12-18/h6-7,10,15,19H,3,5,8-9,11-12,17H2,1H3. The number of ether oxygens (including phenoxy) is 1. The maximum Gasteiger partial charge on any atom is 0.123 e. The van der Waals surface area contributed by atoms with Crippen molar-refractivity contribution in [3.8, 4) is 17.6 Å². The average Bonchev–Trinajstić information content (AvgIpc) is 2.45. The van der Waals surface area contributed by atoms with E-state index in [0.717, 1.165) is 49.4 Å². The Morgan fingerprint density at radius 2 is 2.35 bits per heavy atom. The molecule has 0 aliphatic carbocycles. The van der Waals surface area contributed by atoms with Crippen LogP contribution in [-0.4, -0.2) is 42.9 Å². The van der Waals surface area contributed by atoms with Gasteiger partial charge < -0.3 is 15.6 Å². The summed E-state index contributed by atoms with van der Waals surface area (Å²) < 4.78 is 5.41. The average molecular weight is 274 g/mol. The SMILES string of the molecule is COc1ccc(C#CCN)cc1CN1CCCC(O)C1. The minimum absolute atomic E-state index is 0.213. The number of nitrogens with zero attached hydrogens (tertiary/aromatic N) is 1. The normalized spacial score (nSPS) is 19.2. The molecule has 0 amide bonds. The van der Waals surface area contributed by atoms with E-state index in [4.69, 9.17) is 10.5 Å². The molecule has 1 aromatic rings. The quantitative estimate of drug-likeness (QED) is 0.806. The monoisotopic (exact) mass is 274 g/mol. The first-order chi connectivity index (χ1) is 9.72. The molecule has 1 aliphatic heterocycles. The fraction of sp³-hybridized carbons (Fsp3) is 0.500. The molecule has 1 saturated heterocycles. The number of hydrogen-bond donors (Lipinski definition) is 2. The second kappa shape index (κ2) is 7.30. The van der Waals surface area contributed by atoms with Crippen molar-refractivity contribution in [3.63, 3.8) is 0 Å². The van der Waals surface area contributed by atoms with Gasteiger partial charge in [0.25, 0.3) is 0 Å². The summed E-state index contributed by atoms with van der Waals surface area (Å²) in [7, 11) is 1.68. The number of likely N-dealkylation sites (tertiary alicyclic amines) is 1. The van der Waals surface area contributed by atoms with Gasteiger partial charge in [-0.1, -0.05) is 11.8 Å².